The Morgan fingerprint density at radius 1 is 1.09 bits per heavy atom. The maximum atomic E-state index is 11.6. The lowest BCUT2D eigenvalue weighted by atomic mass is 10.1. The van der Waals surface area contributed by atoms with Gasteiger partial charge in [0.15, 0.2) is 0 Å². The second-order valence-electron chi connectivity index (χ2n) is 8.56. The first-order valence-corrected chi connectivity index (χ1v) is 15.8. The highest BCUT2D eigenvalue weighted by Gasteiger charge is 2.51. The minimum Gasteiger partial charge on any atom is -0.520 e. The Kier molecular flexibility index (Phi) is 8.87. The van der Waals surface area contributed by atoms with Gasteiger partial charge in [-0.25, -0.2) is 0 Å². The molecule has 2 unspecified atom stereocenters. The Bertz CT molecular complexity index is 863. The SMILES string of the molecule is CC(=O)O[Si](CCc1ccc2c(c1)CO[Si](C)(CCCOCC1CO1)O2)(OC(C)=O)OC(C)=O. The van der Waals surface area contributed by atoms with Gasteiger partial charge in [-0.2, -0.15) is 0 Å². The number of carbonyl (C=O) groups is 3. The van der Waals surface area contributed by atoms with E-state index in [0.717, 1.165) is 35.9 Å². The van der Waals surface area contributed by atoms with Gasteiger partial charge in [0, 0.05) is 39.0 Å². The molecular formula is C22H32O10Si2. The van der Waals surface area contributed by atoms with Crippen molar-refractivity contribution in [1.82, 2.24) is 0 Å². The third-order valence-corrected chi connectivity index (χ3v) is 10.6. The van der Waals surface area contributed by atoms with Crippen molar-refractivity contribution in [2.45, 2.75) is 65.0 Å². The van der Waals surface area contributed by atoms with Gasteiger partial charge in [0.1, 0.15) is 11.9 Å². The number of hydrogen-bond donors (Lipinski definition) is 0. The van der Waals surface area contributed by atoms with E-state index in [1.165, 1.54) is 20.8 Å². The van der Waals surface area contributed by atoms with Crippen LogP contribution in [0.25, 0.3) is 0 Å². The minimum absolute atomic E-state index is 0.0740. The monoisotopic (exact) mass is 512 g/mol. The summed E-state index contributed by atoms with van der Waals surface area (Å²) in [5, 5.41) is 0. The number of epoxide rings is 1. The van der Waals surface area contributed by atoms with E-state index in [2.05, 4.69) is 0 Å². The van der Waals surface area contributed by atoms with Gasteiger partial charge in [0.2, 0.25) is 0 Å². The van der Waals surface area contributed by atoms with Gasteiger partial charge >= 0.3 is 17.4 Å². The number of benzene rings is 1. The number of hydrogen-bond acceptors (Lipinski definition) is 10. The summed E-state index contributed by atoms with van der Waals surface area (Å²) in [6.45, 7) is 8.10. The van der Waals surface area contributed by atoms with E-state index in [1.54, 1.807) is 0 Å². The van der Waals surface area contributed by atoms with E-state index in [1.807, 2.05) is 24.7 Å². The van der Waals surface area contributed by atoms with Crippen molar-refractivity contribution in [2.75, 3.05) is 19.8 Å². The molecule has 0 saturated carbocycles. The van der Waals surface area contributed by atoms with Crippen molar-refractivity contribution in [3.8, 4) is 5.75 Å². The summed E-state index contributed by atoms with van der Waals surface area (Å²) in [7, 11) is -6.22. The van der Waals surface area contributed by atoms with Crippen molar-refractivity contribution in [3.63, 3.8) is 0 Å². The first kappa shape index (κ1) is 26.4. The van der Waals surface area contributed by atoms with E-state index in [-0.39, 0.29) is 12.1 Å². The molecule has 12 heteroatoms. The van der Waals surface area contributed by atoms with Crippen molar-refractivity contribution >= 4 is 35.3 Å². The smallest absolute Gasteiger partial charge is 0.520 e. The van der Waals surface area contributed by atoms with E-state index >= 15 is 0 Å². The summed E-state index contributed by atoms with van der Waals surface area (Å²) in [5.74, 6) is -1.26. The predicted octanol–water partition coefficient (Wildman–Crippen LogP) is 2.64. The molecule has 0 aliphatic carbocycles. The Morgan fingerprint density at radius 3 is 2.32 bits per heavy atom. The van der Waals surface area contributed by atoms with E-state index in [0.29, 0.717) is 26.2 Å². The van der Waals surface area contributed by atoms with Crippen LogP contribution in [0, 0.1) is 0 Å². The third kappa shape index (κ3) is 8.20. The fraction of sp³-hybridized carbons (Fsp3) is 0.591. The number of ether oxygens (including phenoxy) is 2. The summed E-state index contributed by atoms with van der Waals surface area (Å²) in [6, 6.07) is 6.63. The number of rotatable bonds is 12. The zero-order valence-electron chi connectivity index (χ0n) is 20.0. The fourth-order valence-electron chi connectivity index (χ4n) is 3.66. The molecule has 3 rings (SSSR count). The molecule has 1 fully saturated rings. The Labute approximate surface area is 201 Å². The molecule has 0 radical (unpaired) electrons. The van der Waals surface area contributed by atoms with Crippen LogP contribution >= 0.6 is 0 Å². The maximum Gasteiger partial charge on any atom is 0.705 e. The van der Waals surface area contributed by atoms with Gasteiger partial charge in [-0.3, -0.25) is 14.4 Å². The second-order valence-corrected chi connectivity index (χ2v) is 14.3. The molecule has 1 saturated heterocycles. The highest BCUT2D eigenvalue weighted by Crippen LogP contribution is 2.33. The van der Waals surface area contributed by atoms with Crippen molar-refractivity contribution in [2.24, 2.45) is 0 Å². The zero-order valence-corrected chi connectivity index (χ0v) is 22.0. The van der Waals surface area contributed by atoms with Crippen LogP contribution in [0.15, 0.2) is 18.2 Å². The summed E-state index contributed by atoms with van der Waals surface area (Å²) < 4.78 is 38.8. The predicted molar refractivity (Wildman–Crippen MR) is 123 cm³/mol. The van der Waals surface area contributed by atoms with Crippen LogP contribution < -0.4 is 4.43 Å². The zero-order chi connectivity index (χ0) is 24.8. The third-order valence-electron chi connectivity index (χ3n) is 5.23. The van der Waals surface area contributed by atoms with Gasteiger partial charge in [-0.1, -0.05) is 6.07 Å². The molecule has 10 nitrogen and oxygen atoms in total. The second kappa shape index (κ2) is 11.4. The van der Waals surface area contributed by atoms with Gasteiger partial charge < -0.3 is 31.6 Å². The van der Waals surface area contributed by atoms with E-state index in [9.17, 15) is 14.4 Å². The molecule has 0 aromatic heterocycles. The molecule has 2 aliphatic rings. The highest BCUT2D eigenvalue weighted by molar-refractivity contribution is 6.67. The fourth-order valence-corrected chi connectivity index (χ4v) is 8.22. The van der Waals surface area contributed by atoms with Crippen LogP contribution in [0.1, 0.15) is 38.3 Å². The van der Waals surface area contributed by atoms with Crippen molar-refractivity contribution in [1.29, 1.82) is 0 Å². The minimum atomic E-state index is -3.88. The van der Waals surface area contributed by atoms with Crippen molar-refractivity contribution in [3.05, 3.63) is 29.3 Å². The van der Waals surface area contributed by atoms with Crippen LogP contribution in [0.3, 0.4) is 0 Å². The lowest BCUT2D eigenvalue weighted by Gasteiger charge is -2.33. The van der Waals surface area contributed by atoms with Gasteiger partial charge in [-0.15, -0.1) is 0 Å². The average molecular weight is 513 g/mol. The van der Waals surface area contributed by atoms with Gasteiger partial charge in [0.25, 0.3) is 17.9 Å². The molecule has 2 heterocycles. The lowest BCUT2D eigenvalue weighted by molar-refractivity contribution is -0.147. The quantitative estimate of drug-likeness (QED) is 0.235. The first-order valence-electron chi connectivity index (χ1n) is 11.3. The summed E-state index contributed by atoms with van der Waals surface area (Å²) in [6.07, 6.45) is 1.49. The molecule has 1 aromatic carbocycles. The highest BCUT2D eigenvalue weighted by atomic mass is 28.4. The summed E-state index contributed by atoms with van der Waals surface area (Å²) >= 11 is 0. The standard InChI is InChI=1S/C22H32O10Si2/c1-16(23)29-34(30-17(2)24,31-18(3)25)11-8-19-6-7-22-20(12-19)13-28-33(4,32-22)10-5-9-26-14-21-15-27-21/h6-7,12,21H,5,8-11,13-15H2,1-4H3. The molecule has 0 bridgehead atoms. The molecule has 0 spiro atoms. The van der Waals surface area contributed by atoms with Crippen molar-refractivity contribution < 1.29 is 46.0 Å². The number of fused-ring (bicyclic) bond motifs is 1. The summed E-state index contributed by atoms with van der Waals surface area (Å²) in [4.78, 5) is 34.9. The molecule has 0 N–H and O–H groups in total. The Hall–Kier alpha value is -2.26. The van der Waals surface area contributed by atoms with E-state index in [4.69, 9.17) is 31.6 Å². The Balaban J connectivity index is 1.59. The number of carbonyl (C=O) groups excluding carboxylic acids is 3. The Morgan fingerprint density at radius 2 is 1.74 bits per heavy atom. The molecule has 1 aromatic rings. The van der Waals surface area contributed by atoms with Gasteiger partial charge in [0.05, 0.1) is 25.9 Å². The van der Waals surface area contributed by atoms with Crippen LogP contribution in [0.2, 0.25) is 18.6 Å². The molecular weight excluding hydrogens is 480 g/mol. The average Bonchev–Trinajstić information content (AvgIpc) is 3.55. The topological polar surface area (TPSA) is 119 Å². The van der Waals surface area contributed by atoms with E-state index < -0.39 is 35.3 Å². The number of aryl methyl sites for hydroxylation is 1. The summed E-state index contributed by atoms with van der Waals surface area (Å²) in [5.41, 5.74) is 1.79. The molecule has 2 aliphatic heterocycles. The molecule has 0 amide bonds. The van der Waals surface area contributed by atoms with Crippen LogP contribution in [-0.4, -0.2) is 61.2 Å². The molecule has 2 atom stereocenters. The van der Waals surface area contributed by atoms with Crippen LogP contribution in [0.4, 0.5) is 0 Å². The largest absolute Gasteiger partial charge is 0.705 e. The normalized spacial score (nSPS) is 21.1. The first-order chi connectivity index (χ1) is 16.1. The molecule has 188 valence electrons. The molecule has 34 heavy (non-hydrogen) atoms. The van der Waals surface area contributed by atoms with Crippen LogP contribution in [-0.2, 0) is 54.6 Å². The lowest BCUT2D eigenvalue weighted by Crippen LogP contribution is -2.49. The van der Waals surface area contributed by atoms with Gasteiger partial charge in [-0.05, 0) is 37.1 Å². The maximum absolute atomic E-state index is 11.6. The van der Waals surface area contributed by atoms with Crippen LogP contribution in [0.5, 0.6) is 5.75 Å².